The van der Waals surface area contributed by atoms with Crippen molar-refractivity contribution in [3.05, 3.63) is 50.6 Å². The smallest absolute Gasteiger partial charge is 0.148 e. The number of pyridine rings is 1. The maximum atomic E-state index is 6.04. The molecule has 0 radical (unpaired) electrons. The molecule has 1 heterocycles. The Balaban J connectivity index is 2.60. The standard InChI is InChI=1S/C11H5Cl4N/c12-7-3-1-2-6(4-7)10-8(13)5-9(14)11(15)16-10/h1-5H. The number of aromatic nitrogens is 1. The van der Waals surface area contributed by atoms with E-state index in [0.29, 0.717) is 20.8 Å². The van der Waals surface area contributed by atoms with Crippen molar-refractivity contribution >= 4 is 46.4 Å². The van der Waals surface area contributed by atoms with Crippen LogP contribution < -0.4 is 0 Å². The number of halogens is 4. The molecule has 0 spiro atoms. The molecule has 0 atom stereocenters. The largest absolute Gasteiger partial charge is 0.233 e. The van der Waals surface area contributed by atoms with E-state index in [1.54, 1.807) is 18.2 Å². The van der Waals surface area contributed by atoms with Gasteiger partial charge in [0.25, 0.3) is 0 Å². The average Bonchev–Trinajstić information content (AvgIpc) is 2.23. The van der Waals surface area contributed by atoms with Gasteiger partial charge in [0.2, 0.25) is 0 Å². The molecule has 0 amide bonds. The highest BCUT2D eigenvalue weighted by Gasteiger charge is 2.09. The lowest BCUT2D eigenvalue weighted by molar-refractivity contribution is 1.32. The van der Waals surface area contributed by atoms with E-state index in [4.69, 9.17) is 46.4 Å². The van der Waals surface area contributed by atoms with Gasteiger partial charge in [-0.15, -0.1) is 0 Å². The second kappa shape index (κ2) is 4.80. The molecule has 0 unspecified atom stereocenters. The molecule has 0 aliphatic rings. The second-order valence-electron chi connectivity index (χ2n) is 3.10. The lowest BCUT2D eigenvalue weighted by atomic mass is 10.1. The molecule has 1 aromatic carbocycles. The minimum atomic E-state index is 0.223. The van der Waals surface area contributed by atoms with E-state index >= 15 is 0 Å². The van der Waals surface area contributed by atoms with Crippen molar-refractivity contribution in [3.8, 4) is 11.3 Å². The fourth-order valence-electron chi connectivity index (χ4n) is 1.28. The monoisotopic (exact) mass is 291 g/mol. The maximum Gasteiger partial charge on any atom is 0.148 e. The van der Waals surface area contributed by atoms with Crippen molar-refractivity contribution in [2.75, 3.05) is 0 Å². The van der Waals surface area contributed by atoms with Crippen LogP contribution in [0.3, 0.4) is 0 Å². The van der Waals surface area contributed by atoms with E-state index in [1.807, 2.05) is 12.1 Å². The molecule has 1 aromatic heterocycles. The third-order valence-corrected chi connectivity index (χ3v) is 3.18. The first kappa shape index (κ1) is 12.0. The van der Waals surface area contributed by atoms with Crippen LogP contribution in [0.2, 0.25) is 20.2 Å². The second-order valence-corrected chi connectivity index (χ2v) is 4.71. The summed E-state index contributed by atoms with van der Waals surface area (Å²) >= 11 is 23.6. The molecule has 16 heavy (non-hydrogen) atoms. The Bertz CT molecular complexity index is 540. The van der Waals surface area contributed by atoms with Gasteiger partial charge in [0, 0.05) is 10.6 Å². The van der Waals surface area contributed by atoms with Gasteiger partial charge in [-0.2, -0.15) is 0 Å². The molecule has 0 saturated heterocycles. The van der Waals surface area contributed by atoms with E-state index in [2.05, 4.69) is 4.98 Å². The van der Waals surface area contributed by atoms with Gasteiger partial charge in [-0.1, -0.05) is 58.5 Å². The zero-order valence-electron chi connectivity index (χ0n) is 7.85. The molecule has 82 valence electrons. The zero-order chi connectivity index (χ0) is 11.7. The summed E-state index contributed by atoms with van der Waals surface area (Å²) in [5.74, 6) is 0. The van der Waals surface area contributed by atoms with Crippen LogP contribution in [0.15, 0.2) is 30.3 Å². The Hall–Kier alpha value is -0.470. The van der Waals surface area contributed by atoms with Crippen LogP contribution in [0.5, 0.6) is 0 Å². The highest BCUT2D eigenvalue weighted by atomic mass is 35.5. The van der Waals surface area contributed by atoms with Gasteiger partial charge in [-0.3, -0.25) is 0 Å². The van der Waals surface area contributed by atoms with Crippen LogP contribution in [0.25, 0.3) is 11.3 Å². The van der Waals surface area contributed by atoms with Crippen LogP contribution in [0.4, 0.5) is 0 Å². The highest BCUT2D eigenvalue weighted by Crippen LogP contribution is 2.32. The Morgan fingerprint density at radius 2 is 1.62 bits per heavy atom. The number of hydrogen-bond acceptors (Lipinski definition) is 1. The van der Waals surface area contributed by atoms with E-state index in [-0.39, 0.29) is 5.15 Å². The molecule has 2 aromatic rings. The molecule has 0 N–H and O–H groups in total. The molecule has 0 bridgehead atoms. The Kier molecular flexibility index (Phi) is 3.60. The number of benzene rings is 1. The topological polar surface area (TPSA) is 12.9 Å². The molecule has 5 heteroatoms. The van der Waals surface area contributed by atoms with Crippen LogP contribution in [-0.2, 0) is 0 Å². The van der Waals surface area contributed by atoms with Crippen LogP contribution >= 0.6 is 46.4 Å². The van der Waals surface area contributed by atoms with E-state index < -0.39 is 0 Å². The summed E-state index contributed by atoms with van der Waals surface area (Å²) in [6, 6.07) is 8.77. The van der Waals surface area contributed by atoms with Crippen LogP contribution in [0, 0.1) is 0 Å². The number of rotatable bonds is 1. The first-order valence-corrected chi connectivity index (χ1v) is 5.86. The first-order chi connectivity index (χ1) is 7.58. The van der Waals surface area contributed by atoms with Gasteiger partial charge in [-0.25, -0.2) is 4.98 Å². The van der Waals surface area contributed by atoms with Gasteiger partial charge in [-0.05, 0) is 18.2 Å². The molecule has 0 fully saturated rings. The van der Waals surface area contributed by atoms with Crippen molar-refractivity contribution in [2.45, 2.75) is 0 Å². The van der Waals surface area contributed by atoms with Crippen molar-refractivity contribution in [3.63, 3.8) is 0 Å². The summed E-state index contributed by atoms with van der Waals surface area (Å²) in [7, 11) is 0. The lowest BCUT2D eigenvalue weighted by Crippen LogP contribution is -1.87. The Morgan fingerprint density at radius 1 is 0.875 bits per heavy atom. The van der Waals surface area contributed by atoms with E-state index in [0.717, 1.165) is 5.56 Å². The third-order valence-electron chi connectivity index (χ3n) is 1.98. The summed E-state index contributed by atoms with van der Waals surface area (Å²) in [5, 5.41) is 1.61. The molecule has 2 rings (SSSR count). The fraction of sp³-hybridized carbons (Fsp3) is 0. The highest BCUT2D eigenvalue weighted by molar-refractivity contribution is 6.43. The van der Waals surface area contributed by atoms with Gasteiger partial charge < -0.3 is 0 Å². The van der Waals surface area contributed by atoms with Crippen LogP contribution in [0.1, 0.15) is 0 Å². The van der Waals surface area contributed by atoms with Crippen molar-refractivity contribution in [2.24, 2.45) is 0 Å². The maximum absolute atomic E-state index is 6.04. The predicted octanol–water partition coefficient (Wildman–Crippen LogP) is 5.36. The summed E-state index contributed by atoms with van der Waals surface area (Å²) in [6.07, 6.45) is 0. The molecule has 0 aliphatic heterocycles. The Morgan fingerprint density at radius 3 is 2.31 bits per heavy atom. The van der Waals surface area contributed by atoms with E-state index in [9.17, 15) is 0 Å². The number of nitrogens with zero attached hydrogens (tertiary/aromatic N) is 1. The molecular formula is C11H5Cl4N. The zero-order valence-corrected chi connectivity index (χ0v) is 10.9. The lowest BCUT2D eigenvalue weighted by Gasteiger charge is -2.05. The number of hydrogen-bond donors (Lipinski definition) is 0. The third kappa shape index (κ3) is 2.44. The summed E-state index contributed by atoms with van der Waals surface area (Å²) in [6.45, 7) is 0. The van der Waals surface area contributed by atoms with E-state index in [1.165, 1.54) is 0 Å². The summed E-state index contributed by atoms with van der Waals surface area (Å²) in [5.41, 5.74) is 1.37. The van der Waals surface area contributed by atoms with Gasteiger partial charge in [0.1, 0.15) is 5.15 Å². The fourth-order valence-corrected chi connectivity index (χ4v) is 2.08. The molecule has 0 aliphatic carbocycles. The van der Waals surface area contributed by atoms with Gasteiger partial charge in [0.15, 0.2) is 0 Å². The SMILES string of the molecule is Clc1cccc(-c2nc(Cl)c(Cl)cc2Cl)c1. The average molecular weight is 293 g/mol. The summed E-state index contributed by atoms with van der Waals surface area (Å²) < 4.78 is 0. The molecule has 0 saturated carbocycles. The predicted molar refractivity (Wildman–Crippen MR) is 69.7 cm³/mol. The van der Waals surface area contributed by atoms with Crippen molar-refractivity contribution in [1.82, 2.24) is 4.98 Å². The minimum absolute atomic E-state index is 0.223. The minimum Gasteiger partial charge on any atom is -0.233 e. The van der Waals surface area contributed by atoms with Crippen LogP contribution in [-0.4, -0.2) is 4.98 Å². The quantitative estimate of drug-likeness (QED) is 0.645. The Labute approximate surface area is 113 Å². The van der Waals surface area contributed by atoms with Gasteiger partial charge >= 0.3 is 0 Å². The molecular weight excluding hydrogens is 288 g/mol. The van der Waals surface area contributed by atoms with Gasteiger partial charge in [0.05, 0.1) is 15.7 Å². The molecule has 1 nitrogen and oxygen atoms in total. The normalized spacial score (nSPS) is 10.5. The van der Waals surface area contributed by atoms with Crippen molar-refractivity contribution in [1.29, 1.82) is 0 Å². The van der Waals surface area contributed by atoms with Crippen molar-refractivity contribution < 1.29 is 0 Å². The summed E-state index contributed by atoms with van der Waals surface area (Å²) in [4.78, 5) is 4.13. The first-order valence-electron chi connectivity index (χ1n) is 4.35.